The van der Waals surface area contributed by atoms with Crippen LogP contribution in [0.3, 0.4) is 0 Å². The Hall–Kier alpha value is -0.760. The van der Waals surface area contributed by atoms with Crippen LogP contribution in [0.5, 0.6) is 0 Å². The van der Waals surface area contributed by atoms with Gasteiger partial charge in [0, 0.05) is 10.5 Å². The maximum absolute atomic E-state index is 11.5. The third-order valence-corrected chi connectivity index (χ3v) is 3.60. The minimum atomic E-state index is 0.295. The maximum atomic E-state index is 11.5. The van der Waals surface area contributed by atoms with Gasteiger partial charge in [-0.3, -0.25) is 4.79 Å². The summed E-state index contributed by atoms with van der Waals surface area (Å²) in [6.07, 6.45) is 3.52. The van der Waals surface area contributed by atoms with Crippen LogP contribution < -0.4 is 0 Å². The highest BCUT2D eigenvalue weighted by atomic mass is 32.2. The van der Waals surface area contributed by atoms with Gasteiger partial charge in [0.2, 0.25) is 0 Å². The molecule has 0 aliphatic carbocycles. The van der Waals surface area contributed by atoms with Crippen LogP contribution in [0.25, 0.3) is 0 Å². The van der Waals surface area contributed by atoms with Gasteiger partial charge in [0.15, 0.2) is 5.78 Å². The van der Waals surface area contributed by atoms with Crippen LogP contribution >= 0.6 is 11.8 Å². The van der Waals surface area contributed by atoms with Crippen LogP contribution in [0.4, 0.5) is 0 Å². The molecule has 0 aromatic heterocycles. The van der Waals surface area contributed by atoms with Crippen molar-refractivity contribution in [3.8, 4) is 0 Å². The van der Waals surface area contributed by atoms with Crippen molar-refractivity contribution in [3.63, 3.8) is 0 Å². The first-order chi connectivity index (χ1) is 6.81. The Morgan fingerprint density at radius 2 is 2.29 bits per heavy atom. The molecule has 1 aliphatic heterocycles. The molecule has 1 nitrogen and oxygen atoms in total. The third-order valence-electron chi connectivity index (χ3n) is 2.52. The predicted octanol–water partition coefficient (Wildman–Crippen LogP) is 3.32. The van der Waals surface area contributed by atoms with Gasteiger partial charge in [0.25, 0.3) is 0 Å². The average Bonchev–Trinajstić information content (AvgIpc) is 2.57. The predicted molar refractivity (Wildman–Crippen MR) is 60.1 cm³/mol. The van der Waals surface area contributed by atoms with Crippen LogP contribution in [-0.4, -0.2) is 11.5 Å². The number of unbranched alkanes of at least 4 members (excludes halogenated alkanes) is 1. The third kappa shape index (κ3) is 1.85. The Labute approximate surface area is 88.9 Å². The van der Waals surface area contributed by atoms with Gasteiger partial charge < -0.3 is 0 Å². The van der Waals surface area contributed by atoms with E-state index >= 15 is 0 Å². The van der Waals surface area contributed by atoms with Crippen molar-refractivity contribution in [3.05, 3.63) is 29.3 Å². The first-order valence-electron chi connectivity index (χ1n) is 5.10. The largest absolute Gasteiger partial charge is 0.293 e. The number of benzene rings is 1. The van der Waals surface area contributed by atoms with Gasteiger partial charge >= 0.3 is 0 Å². The summed E-state index contributed by atoms with van der Waals surface area (Å²) >= 11 is 1.66. The number of carbonyl (C=O) groups excluding carboxylic acids is 1. The first kappa shape index (κ1) is 9.78. The second kappa shape index (κ2) is 4.18. The van der Waals surface area contributed by atoms with E-state index in [1.54, 1.807) is 11.8 Å². The number of Topliss-reactive ketones (excluding diaryl/α,β-unsaturated/α-hetero) is 1. The van der Waals surface area contributed by atoms with Gasteiger partial charge in [-0.15, -0.1) is 11.8 Å². The van der Waals surface area contributed by atoms with Crippen LogP contribution in [0.15, 0.2) is 23.1 Å². The molecular weight excluding hydrogens is 192 g/mol. The van der Waals surface area contributed by atoms with Gasteiger partial charge in [-0.2, -0.15) is 0 Å². The zero-order chi connectivity index (χ0) is 9.97. The monoisotopic (exact) mass is 206 g/mol. The SMILES string of the molecule is CCCCc1ccc2c(c1)C(=O)CS2. The number of rotatable bonds is 3. The lowest BCUT2D eigenvalue weighted by atomic mass is 10.0. The van der Waals surface area contributed by atoms with Crippen molar-refractivity contribution in [2.45, 2.75) is 31.1 Å². The number of hydrogen-bond donors (Lipinski definition) is 0. The molecule has 0 unspecified atom stereocenters. The minimum Gasteiger partial charge on any atom is -0.293 e. The lowest BCUT2D eigenvalue weighted by molar-refractivity contribution is 0.102. The molecule has 0 radical (unpaired) electrons. The number of hydrogen-bond acceptors (Lipinski definition) is 2. The molecule has 0 atom stereocenters. The molecule has 1 aromatic carbocycles. The normalized spacial score (nSPS) is 14.5. The zero-order valence-corrected chi connectivity index (χ0v) is 9.19. The summed E-state index contributed by atoms with van der Waals surface area (Å²) < 4.78 is 0. The van der Waals surface area contributed by atoms with Gasteiger partial charge in [-0.05, 0) is 30.5 Å². The van der Waals surface area contributed by atoms with Crippen molar-refractivity contribution in [1.29, 1.82) is 0 Å². The van der Waals surface area contributed by atoms with E-state index in [2.05, 4.69) is 25.1 Å². The van der Waals surface area contributed by atoms with Gasteiger partial charge in [-0.25, -0.2) is 0 Å². The Morgan fingerprint density at radius 3 is 3.07 bits per heavy atom. The van der Waals surface area contributed by atoms with E-state index in [4.69, 9.17) is 0 Å². The molecule has 0 fully saturated rings. The van der Waals surface area contributed by atoms with Crippen molar-refractivity contribution in [2.75, 3.05) is 5.75 Å². The fourth-order valence-electron chi connectivity index (χ4n) is 1.68. The number of thioether (sulfide) groups is 1. The second-order valence-corrected chi connectivity index (χ2v) is 4.66. The van der Waals surface area contributed by atoms with E-state index in [1.165, 1.54) is 18.4 Å². The summed E-state index contributed by atoms with van der Waals surface area (Å²) in [5.41, 5.74) is 2.25. The highest BCUT2D eigenvalue weighted by molar-refractivity contribution is 8.00. The van der Waals surface area contributed by atoms with Crippen LogP contribution in [0.1, 0.15) is 35.7 Å². The average molecular weight is 206 g/mol. The molecule has 1 aromatic rings. The summed E-state index contributed by atoms with van der Waals surface area (Å²) in [7, 11) is 0. The Kier molecular flexibility index (Phi) is 2.92. The zero-order valence-electron chi connectivity index (χ0n) is 8.38. The van der Waals surface area contributed by atoms with Gasteiger partial charge in [0.05, 0.1) is 5.75 Å². The number of ketones is 1. The number of carbonyl (C=O) groups is 1. The highest BCUT2D eigenvalue weighted by Crippen LogP contribution is 2.31. The smallest absolute Gasteiger partial charge is 0.174 e. The molecule has 0 bridgehead atoms. The molecular formula is C12H14OS. The van der Waals surface area contributed by atoms with Gasteiger partial charge in [0.1, 0.15) is 0 Å². The summed E-state index contributed by atoms with van der Waals surface area (Å²) in [5.74, 6) is 0.926. The lowest BCUT2D eigenvalue weighted by Gasteiger charge is -2.02. The molecule has 2 rings (SSSR count). The highest BCUT2D eigenvalue weighted by Gasteiger charge is 2.19. The quantitative estimate of drug-likeness (QED) is 0.754. The van der Waals surface area contributed by atoms with E-state index in [0.29, 0.717) is 11.5 Å². The van der Waals surface area contributed by atoms with Crippen LogP contribution in [0.2, 0.25) is 0 Å². The van der Waals surface area contributed by atoms with E-state index in [9.17, 15) is 4.79 Å². The molecule has 14 heavy (non-hydrogen) atoms. The topological polar surface area (TPSA) is 17.1 Å². The molecule has 0 saturated heterocycles. The second-order valence-electron chi connectivity index (χ2n) is 3.65. The number of fused-ring (bicyclic) bond motifs is 1. The molecule has 2 heteroatoms. The maximum Gasteiger partial charge on any atom is 0.174 e. The fraction of sp³-hybridized carbons (Fsp3) is 0.417. The summed E-state index contributed by atoms with van der Waals surface area (Å²) in [6.45, 7) is 2.19. The molecule has 1 heterocycles. The van der Waals surface area contributed by atoms with Crippen molar-refractivity contribution >= 4 is 17.5 Å². The first-order valence-corrected chi connectivity index (χ1v) is 6.08. The molecule has 0 saturated carbocycles. The molecule has 74 valence electrons. The van der Waals surface area contributed by atoms with Crippen molar-refractivity contribution < 1.29 is 4.79 Å². The Bertz CT molecular complexity index is 357. The van der Waals surface area contributed by atoms with Crippen molar-refractivity contribution in [2.24, 2.45) is 0 Å². The molecule has 1 aliphatic rings. The lowest BCUT2D eigenvalue weighted by Crippen LogP contribution is -1.96. The van der Waals surface area contributed by atoms with Crippen molar-refractivity contribution in [1.82, 2.24) is 0 Å². The Morgan fingerprint density at radius 1 is 1.43 bits per heavy atom. The summed E-state index contributed by atoms with van der Waals surface area (Å²) in [4.78, 5) is 12.6. The van der Waals surface area contributed by atoms with Crippen LogP contribution in [0, 0.1) is 0 Å². The minimum absolute atomic E-state index is 0.295. The van der Waals surface area contributed by atoms with E-state index in [-0.39, 0.29) is 0 Å². The molecule has 0 amide bonds. The Balaban J connectivity index is 2.21. The summed E-state index contributed by atoms with van der Waals surface area (Å²) in [6, 6.07) is 6.32. The molecule has 0 spiro atoms. The molecule has 0 N–H and O–H groups in total. The summed E-state index contributed by atoms with van der Waals surface area (Å²) in [5, 5.41) is 0. The van der Waals surface area contributed by atoms with E-state index in [0.717, 1.165) is 16.9 Å². The van der Waals surface area contributed by atoms with E-state index < -0.39 is 0 Å². The van der Waals surface area contributed by atoms with Crippen LogP contribution in [-0.2, 0) is 6.42 Å². The standard InChI is InChI=1S/C12H14OS/c1-2-3-4-9-5-6-12-10(7-9)11(13)8-14-12/h5-7H,2-4,8H2,1H3. The fourth-order valence-corrected chi connectivity index (χ4v) is 2.61. The van der Waals surface area contributed by atoms with E-state index in [1.807, 2.05) is 0 Å². The van der Waals surface area contributed by atoms with Gasteiger partial charge in [-0.1, -0.05) is 19.4 Å². The number of aryl methyl sites for hydroxylation is 1.